The third kappa shape index (κ3) is 3.54. The highest BCUT2D eigenvalue weighted by atomic mass is 35.5. The number of nitriles is 1. The number of hydrogen-bond donors (Lipinski definition) is 1. The summed E-state index contributed by atoms with van der Waals surface area (Å²) in [6.07, 6.45) is 0. The number of benzene rings is 2. The molecule has 0 aliphatic rings. The summed E-state index contributed by atoms with van der Waals surface area (Å²) in [4.78, 5) is 12.4. The lowest BCUT2D eigenvalue weighted by Gasteiger charge is -2.08. The monoisotopic (exact) mass is 350 g/mol. The van der Waals surface area contributed by atoms with Crippen LogP contribution in [-0.2, 0) is 0 Å². The third-order valence-electron chi connectivity index (χ3n) is 3.73. The molecule has 3 aromatic rings. The van der Waals surface area contributed by atoms with Gasteiger partial charge in [0, 0.05) is 16.9 Å². The molecule has 0 bridgehead atoms. The van der Waals surface area contributed by atoms with Crippen molar-refractivity contribution in [2.24, 2.45) is 0 Å². The van der Waals surface area contributed by atoms with E-state index in [0.717, 1.165) is 17.1 Å². The van der Waals surface area contributed by atoms with Crippen LogP contribution in [-0.4, -0.2) is 15.7 Å². The lowest BCUT2D eigenvalue weighted by atomic mass is 10.1. The summed E-state index contributed by atoms with van der Waals surface area (Å²) in [5, 5.41) is 16.4. The molecule has 1 aromatic heterocycles. The molecular formula is C19H15ClN4O. The topological polar surface area (TPSA) is 70.7 Å². The average molecular weight is 351 g/mol. The maximum absolute atomic E-state index is 12.4. The molecule has 0 saturated carbocycles. The number of carbonyl (C=O) groups is 1. The number of aryl methyl sites for hydroxylation is 2. The summed E-state index contributed by atoms with van der Waals surface area (Å²) < 4.78 is 1.83. The second-order valence-electron chi connectivity index (χ2n) is 5.65. The van der Waals surface area contributed by atoms with Crippen LogP contribution in [0.5, 0.6) is 0 Å². The van der Waals surface area contributed by atoms with Crippen molar-refractivity contribution < 1.29 is 4.79 Å². The van der Waals surface area contributed by atoms with Crippen molar-refractivity contribution in [3.63, 3.8) is 0 Å². The van der Waals surface area contributed by atoms with E-state index in [1.807, 2.05) is 42.8 Å². The molecule has 0 saturated heterocycles. The second kappa shape index (κ2) is 6.80. The van der Waals surface area contributed by atoms with E-state index in [4.69, 9.17) is 16.9 Å². The molecule has 0 spiro atoms. The molecule has 0 unspecified atom stereocenters. The number of carbonyl (C=O) groups excluding carboxylic acids is 1. The van der Waals surface area contributed by atoms with Crippen LogP contribution in [0.4, 0.5) is 5.69 Å². The highest BCUT2D eigenvalue weighted by Crippen LogP contribution is 2.21. The molecule has 0 atom stereocenters. The number of halogens is 1. The molecule has 0 aliphatic heterocycles. The van der Waals surface area contributed by atoms with Gasteiger partial charge in [0.1, 0.15) is 6.07 Å². The van der Waals surface area contributed by atoms with E-state index >= 15 is 0 Å². The molecule has 0 aliphatic carbocycles. The molecule has 6 heteroatoms. The minimum absolute atomic E-state index is 0.249. The van der Waals surface area contributed by atoms with Gasteiger partial charge in [-0.05, 0) is 62.4 Å². The van der Waals surface area contributed by atoms with E-state index in [1.54, 1.807) is 30.3 Å². The van der Waals surface area contributed by atoms with Crippen LogP contribution in [0.3, 0.4) is 0 Å². The first kappa shape index (κ1) is 16.7. The van der Waals surface area contributed by atoms with Crippen molar-refractivity contribution in [2.75, 3.05) is 5.32 Å². The number of nitrogens with zero attached hydrogens (tertiary/aromatic N) is 3. The first-order valence-electron chi connectivity index (χ1n) is 7.62. The Hall–Kier alpha value is -3.10. The number of nitrogens with one attached hydrogen (secondary N) is 1. The van der Waals surface area contributed by atoms with Crippen LogP contribution in [0.25, 0.3) is 5.69 Å². The maximum atomic E-state index is 12.4. The Bertz CT molecular complexity index is 984. The van der Waals surface area contributed by atoms with E-state index in [0.29, 0.717) is 21.8 Å². The van der Waals surface area contributed by atoms with Crippen LogP contribution >= 0.6 is 11.6 Å². The van der Waals surface area contributed by atoms with Gasteiger partial charge in [-0.2, -0.15) is 10.4 Å². The molecule has 5 nitrogen and oxygen atoms in total. The first-order valence-corrected chi connectivity index (χ1v) is 8.00. The van der Waals surface area contributed by atoms with Gasteiger partial charge in [0.15, 0.2) is 0 Å². The molecule has 25 heavy (non-hydrogen) atoms. The zero-order valence-corrected chi connectivity index (χ0v) is 14.5. The summed E-state index contributed by atoms with van der Waals surface area (Å²) in [6.45, 7) is 3.92. The summed E-state index contributed by atoms with van der Waals surface area (Å²) >= 11 is 5.98. The molecule has 1 heterocycles. The van der Waals surface area contributed by atoms with Gasteiger partial charge < -0.3 is 5.32 Å². The van der Waals surface area contributed by atoms with Crippen molar-refractivity contribution in [2.45, 2.75) is 13.8 Å². The Morgan fingerprint density at radius 3 is 2.44 bits per heavy atom. The van der Waals surface area contributed by atoms with E-state index < -0.39 is 0 Å². The Kier molecular flexibility index (Phi) is 4.55. The van der Waals surface area contributed by atoms with Gasteiger partial charge in [-0.3, -0.25) is 4.79 Å². The van der Waals surface area contributed by atoms with Gasteiger partial charge in [0.2, 0.25) is 0 Å². The van der Waals surface area contributed by atoms with Crippen LogP contribution < -0.4 is 5.32 Å². The highest BCUT2D eigenvalue weighted by Gasteiger charge is 2.09. The van der Waals surface area contributed by atoms with Crippen LogP contribution in [0.15, 0.2) is 48.5 Å². The van der Waals surface area contributed by atoms with Gasteiger partial charge in [0.05, 0.1) is 22.0 Å². The number of anilines is 1. The Balaban J connectivity index is 1.78. The molecule has 3 rings (SSSR count). The van der Waals surface area contributed by atoms with Crippen LogP contribution in [0, 0.1) is 25.2 Å². The number of rotatable bonds is 3. The van der Waals surface area contributed by atoms with Crippen molar-refractivity contribution in [1.29, 1.82) is 5.26 Å². The molecule has 1 N–H and O–H groups in total. The van der Waals surface area contributed by atoms with Gasteiger partial charge in [0.25, 0.3) is 5.91 Å². The van der Waals surface area contributed by atoms with Crippen LogP contribution in [0.1, 0.15) is 27.3 Å². The van der Waals surface area contributed by atoms with E-state index in [2.05, 4.69) is 10.4 Å². The fourth-order valence-corrected chi connectivity index (χ4v) is 2.75. The molecule has 0 fully saturated rings. The zero-order valence-electron chi connectivity index (χ0n) is 13.7. The highest BCUT2D eigenvalue weighted by molar-refractivity contribution is 6.32. The molecule has 1 amide bonds. The largest absolute Gasteiger partial charge is 0.322 e. The Morgan fingerprint density at radius 2 is 1.88 bits per heavy atom. The van der Waals surface area contributed by atoms with Gasteiger partial charge in [-0.1, -0.05) is 11.6 Å². The van der Waals surface area contributed by atoms with Crippen LogP contribution in [0.2, 0.25) is 5.02 Å². The second-order valence-corrected chi connectivity index (χ2v) is 6.05. The Labute approximate surface area is 150 Å². The van der Waals surface area contributed by atoms with E-state index in [1.165, 1.54) is 0 Å². The summed E-state index contributed by atoms with van der Waals surface area (Å²) in [5.74, 6) is -0.249. The van der Waals surface area contributed by atoms with Crippen molar-refractivity contribution in [3.8, 4) is 11.8 Å². The maximum Gasteiger partial charge on any atom is 0.255 e. The molecular weight excluding hydrogens is 336 g/mol. The van der Waals surface area contributed by atoms with Gasteiger partial charge >= 0.3 is 0 Å². The first-order chi connectivity index (χ1) is 12.0. The number of amides is 1. The average Bonchev–Trinajstić information content (AvgIpc) is 2.93. The van der Waals surface area contributed by atoms with Crippen molar-refractivity contribution in [1.82, 2.24) is 9.78 Å². The predicted octanol–water partition coefficient (Wildman–Crippen LogP) is 4.27. The lowest BCUT2D eigenvalue weighted by Crippen LogP contribution is -2.12. The fraction of sp³-hybridized carbons (Fsp3) is 0.105. The zero-order chi connectivity index (χ0) is 18.0. The normalized spacial score (nSPS) is 10.3. The number of aromatic nitrogens is 2. The predicted molar refractivity (Wildman–Crippen MR) is 97.2 cm³/mol. The molecule has 0 radical (unpaired) electrons. The summed E-state index contributed by atoms with van der Waals surface area (Å²) in [6, 6.07) is 15.9. The van der Waals surface area contributed by atoms with Gasteiger partial charge in [-0.15, -0.1) is 0 Å². The van der Waals surface area contributed by atoms with E-state index in [-0.39, 0.29) is 5.91 Å². The third-order valence-corrected chi connectivity index (χ3v) is 4.04. The van der Waals surface area contributed by atoms with Crippen molar-refractivity contribution >= 4 is 23.2 Å². The minimum atomic E-state index is -0.249. The summed E-state index contributed by atoms with van der Waals surface area (Å²) in [5.41, 5.74) is 4.29. The van der Waals surface area contributed by atoms with Crippen molar-refractivity contribution in [3.05, 3.63) is 76.1 Å². The molecule has 124 valence electrons. The fourth-order valence-electron chi connectivity index (χ4n) is 2.53. The minimum Gasteiger partial charge on any atom is -0.322 e. The summed E-state index contributed by atoms with van der Waals surface area (Å²) in [7, 11) is 0. The lowest BCUT2D eigenvalue weighted by molar-refractivity contribution is 0.102. The Morgan fingerprint density at radius 1 is 1.16 bits per heavy atom. The molecule has 2 aromatic carbocycles. The quantitative estimate of drug-likeness (QED) is 0.766. The van der Waals surface area contributed by atoms with Gasteiger partial charge in [-0.25, -0.2) is 4.68 Å². The standard InChI is InChI=1S/C19H15ClN4O/c1-12-9-13(2)24(23-12)17-7-4-14(5-8-17)19(25)22-16-6-3-15(11-21)18(20)10-16/h3-10H,1-2H3,(H,22,25). The smallest absolute Gasteiger partial charge is 0.255 e. The van der Waals surface area contributed by atoms with E-state index in [9.17, 15) is 4.79 Å². The number of hydrogen-bond acceptors (Lipinski definition) is 3. The SMILES string of the molecule is Cc1cc(C)n(-c2ccc(C(=O)Nc3ccc(C#N)c(Cl)c3)cc2)n1.